The maximum atomic E-state index is 14.7. The van der Waals surface area contributed by atoms with Crippen LogP contribution in [0.15, 0.2) is 41.7 Å². The zero-order valence-corrected chi connectivity index (χ0v) is 19.4. The molecule has 0 aliphatic carbocycles. The van der Waals surface area contributed by atoms with Gasteiger partial charge >= 0.3 is 6.09 Å². The van der Waals surface area contributed by atoms with E-state index in [1.807, 2.05) is 13.8 Å². The minimum Gasteiger partial charge on any atom is -0.488 e. The van der Waals surface area contributed by atoms with Crippen LogP contribution in [0.3, 0.4) is 0 Å². The van der Waals surface area contributed by atoms with Crippen molar-refractivity contribution in [1.29, 1.82) is 0 Å². The second-order valence-corrected chi connectivity index (χ2v) is 10.3. The molecule has 33 heavy (non-hydrogen) atoms. The second-order valence-electron chi connectivity index (χ2n) is 8.25. The average Bonchev–Trinajstić information content (AvgIpc) is 3.18. The van der Waals surface area contributed by atoms with E-state index in [0.717, 1.165) is 12.3 Å². The molecule has 176 valence electrons. The van der Waals surface area contributed by atoms with E-state index in [-0.39, 0.29) is 28.9 Å². The molecule has 1 amide bonds. The Hall–Kier alpha value is -3.21. The number of halogens is 1. The standard InChI is InChI=1S/C22H25FN4O5S/c1-14(2)31-22(28)26-8-6-15(7-9-26)32-21-13-24-12-20-17(21)11-25-27(20)19-5-4-16(10-18(19)23)33(3,29)30/h4-5,10-15H,6-9H2,1-3H3. The van der Waals surface area contributed by atoms with Gasteiger partial charge in [-0.05, 0) is 32.0 Å². The highest BCUT2D eigenvalue weighted by atomic mass is 32.2. The van der Waals surface area contributed by atoms with Crippen LogP contribution in [-0.4, -0.2) is 65.7 Å². The third-order valence-corrected chi connectivity index (χ3v) is 6.48. The number of hydrogen-bond acceptors (Lipinski definition) is 7. The molecule has 11 heteroatoms. The lowest BCUT2D eigenvalue weighted by molar-refractivity contribution is 0.0519. The molecule has 0 saturated carbocycles. The van der Waals surface area contributed by atoms with E-state index >= 15 is 0 Å². The van der Waals surface area contributed by atoms with Gasteiger partial charge in [-0.2, -0.15) is 5.10 Å². The predicted molar refractivity (Wildman–Crippen MR) is 119 cm³/mol. The van der Waals surface area contributed by atoms with Crippen LogP contribution in [0.5, 0.6) is 5.75 Å². The first-order chi connectivity index (χ1) is 15.6. The minimum absolute atomic E-state index is 0.105. The maximum absolute atomic E-state index is 14.7. The minimum atomic E-state index is -3.53. The third kappa shape index (κ3) is 4.92. The highest BCUT2D eigenvalue weighted by molar-refractivity contribution is 7.90. The molecule has 0 N–H and O–H groups in total. The van der Waals surface area contributed by atoms with Crippen molar-refractivity contribution < 1.29 is 27.1 Å². The van der Waals surface area contributed by atoms with E-state index in [4.69, 9.17) is 9.47 Å². The molecule has 1 aliphatic rings. The van der Waals surface area contributed by atoms with Gasteiger partial charge in [-0.3, -0.25) is 4.98 Å². The molecule has 0 bridgehead atoms. The van der Waals surface area contributed by atoms with Gasteiger partial charge in [0.2, 0.25) is 0 Å². The van der Waals surface area contributed by atoms with Crippen LogP contribution >= 0.6 is 0 Å². The molecule has 0 unspecified atom stereocenters. The molecule has 0 radical (unpaired) electrons. The monoisotopic (exact) mass is 476 g/mol. The highest BCUT2D eigenvalue weighted by Gasteiger charge is 2.26. The Balaban J connectivity index is 1.53. The van der Waals surface area contributed by atoms with E-state index < -0.39 is 15.7 Å². The fourth-order valence-electron chi connectivity index (χ4n) is 3.70. The Morgan fingerprint density at radius 2 is 1.91 bits per heavy atom. The number of piperidine rings is 1. The van der Waals surface area contributed by atoms with Crippen molar-refractivity contribution in [3.8, 4) is 11.4 Å². The summed E-state index contributed by atoms with van der Waals surface area (Å²) < 4.78 is 50.8. The fourth-order valence-corrected chi connectivity index (χ4v) is 4.34. The van der Waals surface area contributed by atoms with Gasteiger partial charge in [0.25, 0.3) is 0 Å². The van der Waals surface area contributed by atoms with Crippen molar-refractivity contribution in [3.05, 3.63) is 42.6 Å². The summed E-state index contributed by atoms with van der Waals surface area (Å²) in [6.07, 6.45) is 6.38. The molecule has 3 aromatic rings. The molecular weight excluding hydrogens is 451 g/mol. The first-order valence-corrected chi connectivity index (χ1v) is 12.5. The van der Waals surface area contributed by atoms with E-state index in [2.05, 4.69) is 10.1 Å². The number of carbonyl (C=O) groups excluding carboxylic acids is 1. The summed E-state index contributed by atoms with van der Waals surface area (Å²) in [6.45, 7) is 4.68. The zero-order valence-electron chi connectivity index (χ0n) is 18.6. The van der Waals surface area contributed by atoms with Crippen LogP contribution in [0.1, 0.15) is 26.7 Å². The largest absolute Gasteiger partial charge is 0.488 e. The summed E-state index contributed by atoms with van der Waals surface area (Å²) in [5.41, 5.74) is 0.629. The fraction of sp³-hybridized carbons (Fsp3) is 0.409. The van der Waals surface area contributed by atoms with Crippen molar-refractivity contribution in [3.63, 3.8) is 0 Å². The molecule has 3 heterocycles. The van der Waals surface area contributed by atoms with Gasteiger partial charge < -0.3 is 14.4 Å². The van der Waals surface area contributed by atoms with Gasteiger partial charge in [0.1, 0.15) is 23.4 Å². The molecule has 1 aromatic carbocycles. The first-order valence-electron chi connectivity index (χ1n) is 10.6. The Labute approximate surface area is 191 Å². The number of rotatable bonds is 5. The normalized spacial score (nSPS) is 15.2. The van der Waals surface area contributed by atoms with Crippen LogP contribution in [-0.2, 0) is 14.6 Å². The van der Waals surface area contributed by atoms with E-state index in [1.165, 1.54) is 16.8 Å². The third-order valence-electron chi connectivity index (χ3n) is 5.37. The van der Waals surface area contributed by atoms with E-state index in [9.17, 15) is 17.6 Å². The number of hydrogen-bond donors (Lipinski definition) is 0. The summed E-state index contributed by atoms with van der Waals surface area (Å²) in [5.74, 6) is -0.204. The van der Waals surface area contributed by atoms with Crippen molar-refractivity contribution >= 4 is 26.8 Å². The van der Waals surface area contributed by atoms with E-state index in [1.54, 1.807) is 23.5 Å². The number of nitrogens with zero attached hydrogens (tertiary/aromatic N) is 4. The number of likely N-dealkylation sites (tertiary alicyclic amines) is 1. The van der Waals surface area contributed by atoms with Crippen molar-refractivity contribution in [2.24, 2.45) is 0 Å². The zero-order chi connectivity index (χ0) is 23.8. The number of fused-ring (bicyclic) bond motifs is 1. The van der Waals surface area contributed by atoms with Crippen molar-refractivity contribution in [2.45, 2.75) is 43.8 Å². The number of ether oxygens (including phenoxy) is 2. The number of sulfone groups is 1. The lowest BCUT2D eigenvalue weighted by atomic mass is 10.1. The summed E-state index contributed by atoms with van der Waals surface area (Å²) in [7, 11) is -3.53. The number of aromatic nitrogens is 3. The van der Waals surface area contributed by atoms with E-state index in [0.29, 0.717) is 42.6 Å². The number of amides is 1. The molecule has 1 fully saturated rings. The number of carbonyl (C=O) groups is 1. The average molecular weight is 477 g/mol. The molecule has 2 aromatic heterocycles. The lowest BCUT2D eigenvalue weighted by Gasteiger charge is -2.32. The smallest absolute Gasteiger partial charge is 0.410 e. The topological polar surface area (TPSA) is 104 Å². The van der Waals surface area contributed by atoms with Gasteiger partial charge in [0.15, 0.2) is 9.84 Å². The molecule has 9 nitrogen and oxygen atoms in total. The number of benzene rings is 1. The first kappa shape index (κ1) is 23.0. The highest BCUT2D eigenvalue weighted by Crippen LogP contribution is 2.29. The van der Waals surface area contributed by atoms with Crippen molar-refractivity contribution in [2.75, 3.05) is 19.3 Å². The summed E-state index contributed by atoms with van der Waals surface area (Å²) in [4.78, 5) is 17.8. The SMILES string of the molecule is CC(C)OC(=O)N1CCC(Oc2cncc3c2cnn3-c2ccc(S(C)(=O)=O)cc2F)CC1. The second kappa shape index (κ2) is 8.97. The van der Waals surface area contributed by atoms with Crippen LogP contribution < -0.4 is 4.74 Å². The summed E-state index contributed by atoms with van der Waals surface area (Å²) in [5, 5.41) is 4.92. The summed E-state index contributed by atoms with van der Waals surface area (Å²) >= 11 is 0. The number of pyridine rings is 1. The van der Waals surface area contributed by atoms with Gasteiger partial charge in [0, 0.05) is 32.2 Å². The van der Waals surface area contributed by atoms with Gasteiger partial charge in [-0.1, -0.05) is 0 Å². The lowest BCUT2D eigenvalue weighted by Crippen LogP contribution is -2.42. The van der Waals surface area contributed by atoms with Gasteiger partial charge in [-0.25, -0.2) is 22.3 Å². The molecular formula is C22H25FN4O5S. The Kier molecular flexibility index (Phi) is 6.24. The van der Waals surface area contributed by atoms with Crippen LogP contribution in [0.25, 0.3) is 16.6 Å². The van der Waals surface area contributed by atoms with Crippen LogP contribution in [0, 0.1) is 5.82 Å². The maximum Gasteiger partial charge on any atom is 0.410 e. The quantitative estimate of drug-likeness (QED) is 0.556. The Bertz CT molecular complexity index is 1280. The molecule has 4 rings (SSSR count). The summed E-state index contributed by atoms with van der Waals surface area (Å²) in [6, 6.07) is 3.69. The van der Waals surface area contributed by atoms with Gasteiger partial charge in [-0.15, -0.1) is 0 Å². The molecule has 1 aliphatic heterocycles. The predicted octanol–water partition coefficient (Wildman–Crippen LogP) is 3.35. The van der Waals surface area contributed by atoms with Crippen LogP contribution in [0.4, 0.5) is 9.18 Å². The van der Waals surface area contributed by atoms with Gasteiger partial charge in [0.05, 0.1) is 40.5 Å². The Morgan fingerprint density at radius 3 is 2.55 bits per heavy atom. The molecule has 0 atom stereocenters. The van der Waals surface area contributed by atoms with Crippen LogP contribution in [0.2, 0.25) is 0 Å². The Morgan fingerprint density at radius 1 is 1.18 bits per heavy atom. The molecule has 0 spiro atoms. The molecule has 1 saturated heterocycles. The van der Waals surface area contributed by atoms with Crippen molar-refractivity contribution in [1.82, 2.24) is 19.7 Å².